The molecular weight excluding hydrogens is 211 g/mol. The quantitative estimate of drug-likeness (QED) is 0.606. The Hall–Kier alpha value is -1.78. The number of carbonyl (C=O) groups excluding carboxylic acids is 1. The molecule has 1 aromatic rings. The fraction of sp³-hybridized carbons (Fsp3) is 0.364. The minimum absolute atomic E-state index is 0.0886. The number of hydrogen-bond acceptors (Lipinski definition) is 4. The van der Waals surface area contributed by atoms with Crippen LogP contribution in [0.1, 0.15) is 23.2 Å². The van der Waals surface area contributed by atoms with E-state index in [0.29, 0.717) is 11.7 Å². The summed E-state index contributed by atoms with van der Waals surface area (Å²) in [4.78, 5) is 11.3. The number of hydrogen-bond donors (Lipinski definition) is 2. The van der Waals surface area contributed by atoms with Crippen molar-refractivity contribution in [2.24, 2.45) is 0 Å². The number of rotatable bonds is 3. The summed E-state index contributed by atoms with van der Waals surface area (Å²) in [5.41, 5.74) is 6.12. The molecule has 0 heterocycles. The topological polar surface area (TPSA) is 64.3 Å². The van der Waals surface area contributed by atoms with E-state index in [-0.39, 0.29) is 11.3 Å². The Morgan fingerprint density at radius 1 is 1.56 bits per heavy atom. The third kappa shape index (κ3) is 2.08. The number of halogens is 1. The molecule has 1 saturated carbocycles. The molecular formula is C11H13FN2O2. The van der Waals surface area contributed by atoms with Gasteiger partial charge in [-0.15, -0.1) is 0 Å². The first-order valence-electron chi connectivity index (χ1n) is 5.05. The number of nitrogens with two attached hydrogens (primary N) is 1. The zero-order valence-electron chi connectivity index (χ0n) is 8.92. The van der Waals surface area contributed by atoms with Crippen LogP contribution >= 0.6 is 0 Å². The molecule has 86 valence electrons. The maximum atomic E-state index is 13.5. The van der Waals surface area contributed by atoms with Crippen molar-refractivity contribution < 1.29 is 13.9 Å². The van der Waals surface area contributed by atoms with Crippen molar-refractivity contribution in [2.75, 3.05) is 18.2 Å². The van der Waals surface area contributed by atoms with Gasteiger partial charge in [0, 0.05) is 11.7 Å². The van der Waals surface area contributed by atoms with Crippen LogP contribution in [0.2, 0.25) is 0 Å². The van der Waals surface area contributed by atoms with Crippen molar-refractivity contribution in [3.63, 3.8) is 0 Å². The summed E-state index contributed by atoms with van der Waals surface area (Å²) in [6.45, 7) is 0. The average molecular weight is 224 g/mol. The molecule has 0 atom stereocenters. The van der Waals surface area contributed by atoms with Crippen molar-refractivity contribution in [3.8, 4) is 0 Å². The van der Waals surface area contributed by atoms with Gasteiger partial charge in [0.2, 0.25) is 0 Å². The van der Waals surface area contributed by atoms with Crippen molar-refractivity contribution in [3.05, 3.63) is 23.5 Å². The standard InChI is InChI=1S/C11H13FN2O2/c1-16-11(15)7-4-10(14-6-2-3-6)8(12)5-9(7)13/h4-6,14H,2-3,13H2,1H3. The van der Waals surface area contributed by atoms with Crippen LogP contribution in [0.4, 0.5) is 15.8 Å². The molecule has 0 aliphatic heterocycles. The highest BCUT2D eigenvalue weighted by molar-refractivity contribution is 5.96. The van der Waals surface area contributed by atoms with Crippen LogP contribution < -0.4 is 11.1 Å². The second kappa shape index (κ2) is 4.00. The van der Waals surface area contributed by atoms with E-state index < -0.39 is 11.8 Å². The summed E-state index contributed by atoms with van der Waals surface area (Å²) in [5, 5.41) is 2.99. The Kier molecular flexibility index (Phi) is 2.68. The normalized spacial score (nSPS) is 14.6. The number of methoxy groups -OCH3 is 1. The highest BCUT2D eigenvalue weighted by Gasteiger charge is 2.23. The van der Waals surface area contributed by atoms with E-state index in [0.717, 1.165) is 18.9 Å². The van der Waals surface area contributed by atoms with Crippen LogP contribution in [0.5, 0.6) is 0 Å². The van der Waals surface area contributed by atoms with Crippen LogP contribution in [-0.2, 0) is 4.74 Å². The first-order chi connectivity index (χ1) is 7.61. The van der Waals surface area contributed by atoms with Crippen LogP contribution in [-0.4, -0.2) is 19.1 Å². The number of anilines is 2. The van der Waals surface area contributed by atoms with Gasteiger partial charge in [0.05, 0.1) is 18.4 Å². The van der Waals surface area contributed by atoms with Gasteiger partial charge in [-0.3, -0.25) is 0 Å². The van der Waals surface area contributed by atoms with Gasteiger partial charge in [0.15, 0.2) is 0 Å². The zero-order chi connectivity index (χ0) is 11.7. The lowest BCUT2D eigenvalue weighted by Crippen LogP contribution is -2.10. The molecule has 1 aromatic carbocycles. The third-order valence-electron chi connectivity index (χ3n) is 2.48. The lowest BCUT2D eigenvalue weighted by atomic mass is 10.1. The summed E-state index contributed by atoms with van der Waals surface area (Å²) in [5.74, 6) is -1.01. The highest BCUT2D eigenvalue weighted by Crippen LogP contribution is 2.29. The molecule has 1 fully saturated rings. The predicted octanol–water partition coefficient (Wildman–Crippen LogP) is 1.77. The Morgan fingerprint density at radius 3 is 2.81 bits per heavy atom. The SMILES string of the molecule is COC(=O)c1cc(NC2CC2)c(F)cc1N. The Morgan fingerprint density at radius 2 is 2.25 bits per heavy atom. The second-order valence-corrected chi connectivity index (χ2v) is 3.83. The predicted molar refractivity (Wildman–Crippen MR) is 58.8 cm³/mol. The van der Waals surface area contributed by atoms with Crippen molar-refractivity contribution >= 4 is 17.3 Å². The molecule has 1 aliphatic carbocycles. The van der Waals surface area contributed by atoms with Gasteiger partial charge in [0.25, 0.3) is 0 Å². The highest BCUT2D eigenvalue weighted by atomic mass is 19.1. The summed E-state index contributed by atoms with van der Waals surface area (Å²) >= 11 is 0. The molecule has 4 nitrogen and oxygen atoms in total. The van der Waals surface area contributed by atoms with E-state index in [1.807, 2.05) is 0 Å². The molecule has 0 saturated heterocycles. The van der Waals surface area contributed by atoms with E-state index in [1.165, 1.54) is 13.2 Å². The number of nitrogens with one attached hydrogen (secondary N) is 1. The maximum Gasteiger partial charge on any atom is 0.340 e. The number of nitrogen functional groups attached to an aromatic ring is 1. The molecule has 0 radical (unpaired) electrons. The Labute approximate surface area is 92.6 Å². The van der Waals surface area contributed by atoms with Gasteiger partial charge in [-0.05, 0) is 25.0 Å². The molecule has 2 rings (SSSR count). The van der Waals surface area contributed by atoms with E-state index >= 15 is 0 Å². The molecule has 3 N–H and O–H groups in total. The monoisotopic (exact) mass is 224 g/mol. The van der Waals surface area contributed by atoms with E-state index in [4.69, 9.17) is 5.73 Å². The summed E-state index contributed by atoms with van der Waals surface area (Å²) < 4.78 is 18.1. The lowest BCUT2D eigenvalue weighted by molar-refractivity contribution is 0.0602. The average Bonchev–Trinajstić information content (AvgIpc) is 3.05. The van der Waals surface area contributed by atoms with E-state index in [9.17, 15) is 9.18 Å². The smallest absolute Gasteiger partial charge is 0.340 e. The molecule has 0 unspecified atom stereocenters. The largest absolute Gasteiger partial charge is 0.465 e. The molecule has 0 bridgehead atoms. The molecule has 0 spiro atoms. The first kappa shape index (κ1) is 10.7. The Bertz CT molecular complexity index is 430. The Balaban J connectivity index is 2.33. The van der Waals surface area contributed by atoms with Crippen LogP contribution in [0.25, 0.3) is 0 Å². The molecule has 5 heteroatoms. The lowest BCUT2D eigenvalue weighted by Gasteiger charge is -2.10. The molecule has 16 heavy (non-hydrogen) atoms. The fourth-order valence-corrected chi connectivity index (χ4v) is 1.43. The van der Waals surface area contributed by atoms with Crippen molar-refractivity contribution in [1.82, 2.24) is 0 Å². The van der Waals surface area contributed by atoms with Crippen LogP contribution in [0, 0.1) is 5.82 Å². The maximum absolute atomic E-state index is 13.5. The van der Waals surface area contributed by atoms with Gasteiger partial charge in [-0.2, -0.15) is 0 Å². The summed E-state index contributed by atoms with van der Waals surface area (Å²) in [7, 11) is 1.26. The molecule has 0 aromatic heterocycles. The van der Waals surface area contributed by atoms with Gasteiger partial charge < -0.3 is 15.8 Å². The van der Waals surface area contributed by atoms with Gasteiger partial charge in [-0.1, -0.05) is 0 Å². The van der Waals surface area contributed by atoms with Gasteiger partial charge >= 0.3 is 5.97 Å². The minimum atomic E-state index is -0.559. The van der Waals surface area contributed by atoms with Gasteiger partial charge in [-0.25, -0.2) is 9.18 Å². The zero-order valence-corrected chi connectivity index (χ0v) is 8.92. The molecule has 0 amide bonds. The fourth-order valence-electron chi connectivity index (χ4n) is 1.43. The minimum Gasteiger partial charge on any atom is -0.465 e. The third-order valence-corrected chi connectivity index (χ3v) is 2.48. The van der Waals surface area contributed by atoms with Crippen LogP contribution in [0.15, 0.2) is 12.1 Å². The number of carbonyl (C=O) groups is 1. The second-order valence-electron chi connectivity index (χ2n) is 3.83. The van der Waals surface area contributed by atoms with Crippen LogP contribution in [0.3, 0.4) is 0 Å². The van der Waals surface area contributed by atoms with E-state index in [2.05, 4.69) is 10.1 Å². The summed E-state index contributed by atoms with van der Waals surface area (Å²) in [6.07, 6.45) is 2.05. The summed E-state index contributed by atoms with van der Waals surface area (Å²) in [6, 6.07) is 2.84. The van der Waals surface area contributed by atoms with Crippen molar-refractivity contribution in [2.45, 2.75) is 18.9 Å². The number of benzene rings is 1. The van der Waals surface area contributed by atoms with Crippen molar-refractivity contribution in [1.29, 1.82) is 0 Å². The first-order valence-corrected chi connectivity index (χ1v) is 5.05. The van der Waals surface area contributed by atoms with E-state index in [1.54, 1.807) is 0 Å². The molecule has 1 aliphatic rings. The van der Waals surface area contributed by atoms with Gasteiger partial charge in [0.1, 0.15) is 5.82 Å². The number of ether oxygens (including phenoxy) is 1. The number of esters is 1.